The second-order valence-corrected chi connectivity index (χ2v) is 5.64. The van der Waals surface area contributed by atoms with Gasteiger partial charge in [-0.2, -0.15) is 11.8 Å². The fourth-order valence-corrected chi connectivity index (χ4v) is 2.40. The van der Waals surface area contributed by atoms with Gasteiger partial charge in [-0.15, -0.1) is 0 Å². The molecule has 20 heavy (non-hydrogen) atoms. The highest BCUT2D eigenvalue weighted by atomic mass is 32.2. The minimum Gasteiger partial charge on any atom is -0.478 e. The lowest BCUT2D eigenvalue weighted by atomic mass is 10.1. The molecule has 5 nitrogen and oxygen atoms in total. The Balaban J connectivity index is 2.56. The van der Waals surface area contributed by atoms with E-state index in [-0.39, 0.29) is 11.6 Å². The quantitative estimate of drug-likeness (QED) is 0.754. The molecule has 1 unspecified atom stereocenters. The van der Waals surface area contributed by atoms with Crippen LogP contribution in [0.25, 0.3) is 0 Å². The Morgan fingerprint density at radius 2 is 2.10 bits per heavy atom. The Hall–Kier alpha value is -1.69. The molecule has 0 bridgehead atoms. The summed E-state index contributed by atoms with van der Waals surface area (Å²) in [5.41, 5.74) is 1.55. The van der Waals surface area contributed by atoms with E-state index in [9.17, 15) is 9.59 Å². The largest absolute Gasteiger partial charge is 0.478 e. The standard InChI is InChI=1S/C14H20N2O3S/c1-9(8-20-3)7-15-14(19)16-12-5-4-11(13(17)18)6-10(12)2/h4-6,9H,7-8H2,1-3H3,(H,17,18)(H2,15,16,19). The zero-order valence-electron chi connectivity index (χ0n) is 11.9. The van der Waals surface area contributed by atoms with E-state index >= 15 is 0 Å². The number of aryl methyl sites for hydroxylation is 1. The Morgan fingerprint density at radius 1 is 1.40 bits per heavy atom. The summed E-state index contributed by atoms with van der Waals surface area (Å²) >= 11 is 1.74. The summed E-state index contributed by atoms with van der Waals surface area (Å²) in [5, 5.41) is 14.4. The summed E-state index contributed by atoms with van der Waals surface area (Å²) in [7, 11) is 0. The molecule has 0 aliphatic rings. The Morgan fingerprint density at radius 3 is 2.65 bits per heavy atom. The maximum atomic E-state index is 11.7. The van der Waals surface area contributed by atoms with Gasteiger partial charge in [0.25, 0.3) is 0 Å². The van der Waals surface area contributed by atoms with Gasteiger partial charge in [-0.3, -0.25) is 0 Å². The highest BCUT2D eigenvalue weighted by Crippen LogP contribution is 2.16. The first-order chi connectivity index (χ1) is 9.43. The summed E-state index contributed by atoms with van der Waals surface area (Å²) in [6.45, 7) is 4.45. The van der Waals surface area contributed by atoms with Crippen molar-refractivity contribution in [3.05, 3.63) is 29.3 Å². The molecular weight excluding hydrogens is 276 g/mol. The first kappa shape index (κ1) is 16.4. The molecular formula is C14H20N2O3S. The third-order valence-electron chi connectivity index (χ3n) is 2.78. The molecule has 3 N–H and O–H groups in total. The molecule has 0 saturated carbocycles. The number of thioether (sulfide) groups is 1. The number of carbonyl (C=O) groups excluding carboxylic acids is 1. The summed E-state index contributed by atoms with van der Waals surface area (Å²) in [4.78, 5) is 22.6. The van der Waals surface area contributed by atoms with Crippen LogP contribution in [-0.4, -0.2) is 35.7 Å². The lowest BCUT2D eigenvalue weighted by Gasteiger charge is -2.13. The number of amides is 2. The topological polar surface area (TPSA) is 78.4 Å². The van der Waals surface area contributed by atoms with Crippen LogP contribution in [0.5, 0.6) is 0 Å². The maximum absolute atomic E-state index is 11.7. The number of anilines is 1. The second-order valence-electron chi connectivity index (χ2n) is 4.73. The molecule has 0 fully saturated rings. The van der Waals surface area contributed by atoms with Gasteiger partial charge in [-0.25, -0.2) is 9.59 Å². The summed E-state index contributed by atoms with van der Waals surface area (Å²) < 4.78 is 0. The molecule has 1 aromatic carbocycles. The van der Waals surface area contributed by atoms with Crippen molar-refractivity contribution in [2.75, 3.05) is 23.9 Å². The zero-order valence-corrected chi connectivity index (χ0v) is 12.7. The maximum Gasteiger partial charge on any atom is 0.335 e. The van der Waals surface area contributed by atoms with Crippen LogP contribution in [0.15, 0.2) is 18.2 Å². The van der Waals surface area contributed by atoms with E-state index < -0.39 is 5.97 Å². The van der Waals surface area contributed by atoms with E-state index in [0.717, 1.165) is 11.3 Å². The van der Waals surface area contributed by atoms with Gasteiger partial charge in [0.05, 0.1) is 5.56 Å². The molecule has 1 atom stereocenters. The van der Waals surface area contributed by atoms with Gasteiger partial charge >= 0.3 is 12.0 Å². The molecule has 0 saturated heterocycles. The average molecular weight is 296 g/mol. The molecule has 6 heteroatoms. The van der Waals surface area contributed by atoms with Crippen LogP contribution in [-0.2, 0) is 0 Å². The van der Waals surface area contributed by atoms with Gasteiger partial charge < -0.3 is 15.7 Å². The van der Waals surface area contributed by atoms with Crippen LogP contribution in [0.2, 0.25) is 0 Å². The van der Waals surface area contributed by atoms with Crippen molar-refractivity contribution in [3.8, 4) is 0 Å². The van der Waals surface area contributed by atoms with Crippen LogP contribution in [0.1, 0.15) is 22.8 Å². The van der Waals surface area contributed by atoms with E-state index in [1.165, 1.54) is 12.1 Å². The predicted molar refractivity (Wildman–Crippen MR) is 82.7 cm³/mol. The summed E-state index contributed by atoms with van der Waals surface area (Å²) in [6.07, 6.45) is 2.03. The fraction of sp³-hybridized carbons (Fsp3) is 0.429. The van der Waals surface area contributed by atoms with E-state index in [1.807, 2.05) is 6.26 Å². The molecule has 0 spiro atoms. The van der Waals surface area contributed by atoms with E-state index in [1.54, 1.807) is 24.8 Å². The Labute approximate surface area is 123 Å². The number of carbonyl (C=O) groups is 2. The van der Waals surface area contributed by atoms with Crippen LogP contribution in [0.3, 0.4) is 0 Å². The van der Waals surface area contributed by atoms with Crippen molar-refractivity contribution < 1.29 is 14.7 Å². The minimum absolute atomic E-state index is 0.210. The molecule has 0 aliphatic heterocycles. The number of carboxylic acids is 1. The number of aromatic carboxylic acids is 1. The van der Waals surface area contributed by atoms with Gasteiger partial charge in [0.1, 0.15) is 0 Å². The molecule has 110 valence electrons. The van der Waals surface area contributed by atoms with Crippen LogP contribution in [0, 0.1) is 12.8 Å². The van der Waals surface area contributed by atoms with Gasteiger partial charge in [-0.1, -0.05) is 6.92 Å². The molecule has 2 amide bonds. The van der Waals surface area contributed by atoms with Crippen LogP contribution < -0.4 is 10.6 Å². The second kappa shape index (κ2) is 7.79. The van der Waals surface area contributed by atoms with Crippen molar-refractivity contribution in [3.63, 3.8) is 0 Å². The van der Waals surface area contributed by atoms with Crippen molar-refractivity contribution in [1.29, 1.82) is 0 Å². The first-order valence-electron chi connectivity index (χ1n) is 6.31. The molecule has 0 radical (unpaired) electrons. The predicted octanol–water partition coefficient (Wildman–Crippen LogP) is 2.81. The Kier molecular flexibility index (Phi) is 6.38. The third kappa shape index (κ3) is 5.13. The number of rotatable bonds is 6. The van der Waals surface area contributed by atoms with Gasteiger partial charge in [0.15, 0.2) is 0 Å². The lowest BCUT2D eigenvalue weighted by Crippen LogP contribution is -2.33. The monoisotopic (exact) mass is 296 g/mol. The van der Waals surface area contributed by atoms with Gasteiger partial charge in [0.2, 0.25) is 0 Å². The van der Waals surface area contributed by atoms with Crippen molar-refractivity contribution in [1.82, 2.24) is 5.32 Å². The van der Waals surface area contributed by atoms with E-state index in [4.69, 9.17) is 5.11 Å². The number of hydrogen-bond donors (Lipinski definition) is 3. The van der Waals surface area contributed by atoms with Crippen molar-refractivity contribution >= 4 is 29.4 Å². The van der Waals surface area contributed by atoms with Crippen LogP contribution in [0.4, 0.5) is 10.5 Å². The number of hydrogen-bond acceptors (Lipinski definition) is 3. The van der Waals surface area contributed by atoms with E-state index in [0.29, 0.717) is 18.2 Å². The fourth-order valence-electron chi connectivity index (χ4n) is 1.71. The molecule has 1 rings (SSSR count). The van der Waals surface area contributed by atoms with Crippen LogP contribution >= 0.6 is 11.8 Å². The SMILES string of the molecule is CSCC(C)CNC(=O)Nc1ccc(C(=O)O)cc1C. The Bertz CT molecular complexity index is 491. The number of nitrogens with one attached hydrogen (secondary N) is 2. The molecule has 0 aliphatic carbocycles. The van der Waals surface area contributed by atoms with Gasteiger partial charge in [0, 0.05) is 12.2 Å². The number of benzene rings is 1. The molecule has 0 heterocycles. The lowest BCUT2D eigenvalue weighted by molar-refractivity contribution is 0.0697. The summed E-state index contributed by atoms with van der Waals surface area (Å²) in [5.74, 6) is 0.424. The van der Waals surface area contributed by atoms with E-state index in [2.05, 4.69) is 17.6 Å². The third-order valence-corrected chi connectivity index (χ3v) is 3.69. The number of carboxylic acid groups (broad SMARTS) is 1. The average Bonchev–Trinajstić information content (AvgIpc) is 2.39. The molecule has 0 aromatic heterocycles. The minimum atomic E-state index is -0.977. The normalized spacial score (nSPS) is 11.8. The highest BCUT2D eigenvalue weighted by Gasteiger charge is 2.09. The zero-order chi connectivity index (χ0) is 15.1. The van der Waals surface area contributed by atoms with Gasteiger partial charge in [-0.05, 0) is 48.6 Å². The van der Waals surface area contributed by atoms with Crippen molar-refractivity contribution in [2.45, 2.75) is 13.8 Å². The highest BCUT2D eigenvalue weighted by molar-refractivity contribution is 7.98. The summed E-state index contributed by atoms with van der Waals surface area (Å²) in [6, 6.07) is 4.34. The first-order valence-corrected chi connectivity index (χ1v) is 7.71. The smallest absolute Gasteiger partial charge is 0.335 e. The van der Waals surface area contributed by atoms with Crippen molar-refractivity contribution in [2.24, 2.45) is 5.92 Å². The number of urea groups is 1. The molecule has 1 aromatic rings.